The molecule has 2 rings (SSSR count). The Balaban J connectivity index is 1.95. The van der Waals surface area contributed by atoms with E-state index in [4.69, 9.17) is 9.47 Å². The van der Waals surface area contributed by atoms with Crippen molar-refractivity contribution in [3.05, 3.63) is 24.3 Å². The largest absolute Gasteiger partial charge is 0.497 e. The quantitative estimate of drug-likeness (QED) is 0.837. The molecular weight excluding hydrogens is 292 g/mol. The number of nitrogens with zero attached hydrogens (tertiary/aromatic N) is 1. The summed E-state index contributed by atoms with van der Waals surface area (Å²) in [4.78, 5) is 2.45. The molecule has 0 bridgehead atoms. The first-order chi connectivity index (χ1) is 10.0. The van der Waals surface area contributed by atoms with Crippen LogP contribution in [-0.4, -0.2) is 59.3 Å². The lowest BCUT2D eigenvalue weighted by Crippen LogP contribution is -2.45. The summed E-state index contributed by atoms with van der Waals surface area (Å²) in [5.74, 6) is 0.635. The lowest BCUT2D eigenvalue weighted by atomic mass is 10.3. The molecule has 0 aromatic heterocycles. The lowest BCUT2D eigenvalue weighted by Gasteiger charge is -2.29. The van der Waals surface area contributed by atoms with Crippen molar-refractivity contribution in [1.82, 2.24) is 9.62 Å². The minimum absolute atomic E-state index is 0.157. The summed E-state index contributed by atoms with van der Waals surface area (Å²) < 4.78 is 37.6. The Kier molecular flexibility index (Phi) is 5.58. The highest BCUT2D eigenvalue weighted by molar-refractivity contribution is 7.89. The molecule has 1 aliphatic rings. The predicted octanol–water partition coefficient (Wildman–Crippen LogP) is 0.694. The van der Waals surface area contributed by atoms with Gasteiger partial charge in [-0.25, -0.2) is 13.1 Å². The molecule has 0 amide bonds. The summed E-state index contributed by atoms with van der Waals surface area (Å²) in [7, 11) is -1.95. The second kappa shape index (κ2) is 7.22. The molecule has 21 heavy (non-hydrogen) atoms. The van der Waals surface area contributed by atoms with Gasteiger partial charge >= 0.3 is 0 Å². The van der Waals surface area contributed by atoms with Crippen molar-refractivity contribution in [2.45, 2.75) is 17.9 Å². The minimum Gasteiger partial charge on any atom is -0.497 e. The van der Waals surface area contributed by atoms with Gasteiger partial charge in [-0.2, -0.15) is 0 Å². The first-order valence-corrected chi connectivity index (χ1v) is 8.46. The fourth-order valence-electron chi connectivity index (χ4n) is 2.30. The van der Waals surface area contributed by atoms with Crippen LogP contribution in [0.3, 0.4) is 0 Å². The van der Waals surface area contributed by atoms with Gasteiger partial charge in [0, 0.05) is 25.7 Å². The number of morpholine rings is 1. The molecule has 0 radical (unpaired) electrons. The monoisotopic (exact) mass is 314 g/mol. The van der Waals surface area contributed by atoms with Gasteiger partial charge in [0.05, 0.1) is 25.2 Å². The summed E-state index contributed by atoms with van der Waals surface area (Å²) in [5.41, 5.74) is 0. The molecule has 0 saturated carbocycles. The third-order valence-corrected chi connectivity index (χ3v) is 4.97. The van der Waals surface area contributed by atoms with E-state index in [-0.39, 0.29) is 10.9 Å². The summed E-state index contributed by atoms with van der Waals surface area (Å²) >= 11 is 0. The lowest BCUT2D eigenvalue weighted by molar-refractivity contribution is 0.0354. The maximum atomic E-state index is 12.3. The van der Waals surface area contributed by atoms with E-state index in [1.165, 1.54) is 0 Å². The zero-order chi connectivity index (χ0) is 15.3. The maximum absolute atomic E-state index is 12.3. The average Bonchev–Trinajstić information content (AvgIpc) is 2.47. The average molecular weight is 314 g/mol. The van der Waals surface area contributed by atoms with Crippen molar-refractivity contribution < 1.29 is 17.9 Å². The zero-order valence-corrected chi connectivity index (χ0v) is 13.2. The molecule has 1 fully saturated rings. The Labute approximate surface area is 126 Å². The predicted molar refractivity (Wildman–Crippen MR) is 80.0 cm³/mol. The van der Waals surface area contributed by atoms with Crippen LogP contribution in [0.1, 0.15) is 6.92 Å². The number of hydrogen-bond donors (Lipinski definition) is 1. The van der Waals surface area contributed by atoms with Crippen molar-refractivity contribution in [2.75, 3.05) is 40.0 Å². The molecule has 1 saturated heterocycles. The number of benzene rings is 1. The van der Waals surface area contributed by atoms with E-state index in [2.05, 4.69) is 9.62 Å². The maximum Gasteiger partial charge on any atom is 0.240 e. The van der Waals surface area contributed by atoms with Gasteiger partial charge in [-0.3, -0.25) is 4.90 Å². The van der Waals surface area contributed by atoms with Crippen LogP contribution in [0.15, 0.2) is 29.2 Å². The van der Waals surface area contributed by atoms with Gasteiger partial charge in [-0.15, -0.1) is 0 Å². The number of hydrogen-bond acceptors (Lipinski definition) is 5. The zero-order valence-electron chi connectivity index (χ0n) is 12.4. The molecule has 1 aromatic rings. The van der Waals surface area contributed by atoms with Crippen molar-refractivity contribution in [1.29, 1.82) is 0 Å². The van der Waals surface area contributed by atoms with Crippen molar-refractivity contribution in [3.8, 4) is 5.75 Å². The second-order valence-corrected chi connectivity index (χ2v) is 6.82. The molecule has 0 aliphatic carbocycles. The number of nitrogens with one attached hydrogen (secondary N) is 1. The third-order valence-electron chi connectivity index (χ3n) is 3.36. The smallest absolute Gasteiger partial charge is 0.240 e. The van der Waals surface area contributed by atoms with E-state index in [0.29, 0.717) is 25.5 Å². The van der Waals surface area contributed by atoms with Gasteiger partial charge in [0.15, 0.2) is 0 Å². The highest BCUT2D eigenvalue weighted by Crippen LogP contribution is 2.15. The molecule has 0 spiro atoms. The van der Waals surface area contributed by atoms with Crippen LogP contribution < -0.4 is 9.46 Å². The van der Waals surface area contributed by atoms with Gasteiger partial charge in [-0.05, 0) is 31.2 Å². The Morgan fingerprint density at radius 1 is 1.29 bits per heavy atom. The Bertz CT molecular complexity index is 539. The van der Waals surface area contributed by atoms with Gasteiger partial charge < -0.3 is 9.47 Å². The molecule has 1 N–H and O–H groups in total. The van der Waals surface area contributed by atoms with Crippen LogP contribution in [0.4, 0.5) is 0 Å². The Morgan fingerprint density at radius 2 is 1.90 bits per heavy atom. The third kappa shape index (κ3) is 4.67. The number of methoxy groups -OCH3 is 1. The van der Waals surface area contributed by atoms with Crippen LogP contribution in [0.25, 0.3) is 0 Å². The van der Waals surface area contributed by atoms with E-state index in [1.807, 2.05) is 6.92 Å². The number of rotatable bonds is 6. The van der Waals surface area contributed by atoms with Crippen LogP contribution in [0.5, 0.6) is 5.75 Å². The van der Waals surface area contributed by atoms with E-state index in [0.717, 1.165) is 13.1 Å². The molecule has 118 valence electrons. The second-order valence-electron chi connectivity index (χ2n) is 5.11. The Hall–Kier alpha value is -1.15. The molecular formula is C14H22N2O4S. The molecule has 1 aliphatic heterocycles. The fraction of sp³-hybridized carbons (Fsp3) is 0.571. The number of ether oxygens (including phenoxy) is 2. The Morgan fingerprint density at radius 3 is 2.48 bits per heavy atom. The standard InChI is InChI=1S/C14H22N2O4S/c1-12(11-16-7-9-20-10-8-16)15-21(17,18)14-5-3-13(19-2)4-6-14/h3-6,12,15H,7-11H2,1-2H3/t12-/m1/s1. The normalized spacial score (nSPS) is 18.4. The fourth-order valence-corrected chi connectivity index (χ4v) is 3.53. The van der Waals surface area contributed by atoms with Gasteiger partial charge in [-0.1, -0.05) is 0 Å². The van der Waals surface area contributed by atoms with Crippen LogP contribution in [0, 0.1) is 0 Å². The van der Waals surface area contributed by atoms with E-state index < -0.39 is 10.0 Å². The molecule has 1 atom stereocenters. The number of sulfonamides is 1. The molecule has 7 heteroatoms. The molecule has 0 unspecified atom stereocenters. The highest BCUT2D eigenvalue weighted by atomic mass is 32.2. The van der Waals surface area contributed by atoms with E-state index in [9.17, 15) is 8.42 Å². The highest BCUT2D eigenvalue weighted by Gasteiger charge is 2.20. The SMILES string of the molecule is COc1ccc(S(=O)(=O)N[C@H](C)CN2CCOCC2)cc1. The van der Waals surface area contributed by atoms with E-state index in [1.54, 1.807) is 31.4 Å². The van der Waals surface area contributed by atoms with E-state index >= 15 is 0 Å². The first-order valence-electron chi connectivity index (χ1n) is 6.98. The first kappa shape index (κ1) is 16.2. The van der Waals surface area contributed by atoms with Gasteiger partial charge in [0.1, 0.15) is 5.75 Å². The van der Waals surface area contributed by atoms with Crippen LogP contribution in [0.2, 0.25) is 0 Å². The van der Waals surface area contributed by atoms with Crippen LogP contribution >= 0.6 is 0 Å². The van der Waals surface area contributed by atoms with Crippen molar-refractivity contribution in [2.24, 2.45) is 0 Å². The minimum atomic E-state index is -3.50. The van der Waals surface area contributed by atoms with Gasteiger partial charge in [0.2, 0.25) is 10.0 Å². The topological polar surface area (TPSA) is 67.9 Å². The van der Waals surface area contributed by atoms with Gasteiger partial charge in [0.25, 0.3) is 0 Å². The molecule has 6 nitrogen and oxygen atoms in total. The van der Waals surface area contributed by atoms with Crippen molar-refractivity contribution >= 4 is 10.0 Å². The molecule has 1 aromatic carbocycles. The molecule has 1 heterocycles. The summed E-state index contributed by atoms with van der Waals surface area (Å²) in [5, 5.41) is 0. The summed E-state index contributed by atoms with van der Waals surface area (Å²) in [6.45, 7) is 5.65. The summed E-state index contributed by atoms with van der Waals surface area (Å²) in [6.07, 6.45) is 0. The summed E-state index contributed by atoms with van der Waals surface area (Å²) in [6, 6.07) is 6.21. The van der Waals surface area contributed by atoms with Crippen molar-refractivity contribution in [3.63, 3.8) is 0 Å². The van der Waals surface area contributed by atoms with Crippen LogP contribution in [-0.2, 0) is 14.8 Å².